The lowest BCUT2D eigenvalue weighted by molar-refractivity contribution is -0.274. The largest absolute Gasteiger partial charge is 0.573 e. The van der Waals surface area contributed by atoms with E-state index in [1.165, 1.54) is 23.1 Å². The second-order valence-electron chi connectivity index (χ2n) is 4.37. The summed E-state index contributed by atoms with van der Waals surface area (Å²) in [7, 11) is 0. The molecule has 0 radical (unpaired) electrons. The number of carbonyl (C=O) groups is 1. The van der Waals surface area contributed by atoms with Crippen molar-refractivity contribution < 1.29 is 27.8 Å². The van der Waals surface area contributed by atoms with E-state index in [2.05, 4.69) is 22.7 Å². The van der Waals surface area contributed by atoms with Crippen LogP contribution in [0.2, 0.25) is 0 Å². The third kappa shape index (κ3) is 3.86. The van der Waals surface area contributed by atoms with Crippen LogP contribution >= 0.6 is 12.6 Å². The second-order valence-corrected chi connectivity index (χ2v) is 4.86. The fraction of sp³-hybridized carbons (Fsp3) is 0.308. The Kier molecular flexibility index (Phi) is 4.87. The van der Waals surface area contributed by atoms with E-state index in [1.54, 1.807) is 0 Å². The van der Waals surface area contributed by atoms with Crippen molar-refractivity contribution >= 4 is 24.2 Å². The van der Waals surface area contributed by atoms with E-state index >= 15 is 0 Å². The van der Waals surface area contributed by atoms with Gasteiger partial charge in [-0.05, 0) is 12.1 Å². The molecule has 0 saturated heterocycles. The molecule has 0 fully saturated rings. The van der Waals surface area contributed by atoms with Crippen LogP contribution in [0, 0.1) is 0 Å². The van der Waals surface area contributed by atoms with E-state index in [0.717, 1.165) is 12.1 Å². The van der Waals surface area contributed by atoms with E-state index in [9.17, 15) is 18.0 Å². The Labute approximate surface area is 129 Å². The molecular weight excluding hydrogens is 321 g/mol. The Bertz CT molecular complexity index is 592. The Hall–Kier alpha value is -1.87. The number of nitrogens with one attached hydrogen (secondary N) is 1. The minimum atomic E-state index is -4.85. The van der Waals surface area contributed by atoms with Crippen LogP contribution in [0.5, 0.6) is 5.75 Å². The van der Waals surface area contributed by atoms with Crippen molar-refractivity contribution in [1.29, 1.82) is 0 Å². The number of β-amino-alcohol motifs (C(OH)–C–C–N with tert-alkyl or cyclic N) is 1. The molecule has 5 nitrogen and oxygen atoms in total. The van der Waals surface area contributed by atoms with Gasteiger partial charge in [-0.2, -0.15) is 0 Å². The van der Waals surface area contributed by atoms with Crippen molar-refractivity contribution in [3.05, 3.63) is 35.9 Å². The Morgan fingerprint density at radius 2 is 2.05 bits per heavy atom. The summed E-state index contributed by atoms with van der Waals surface area (Å²) in [6.45, 7) is -0.173. The van der Waals surface area contributed by atoms with Crippen LogP contribution in [-0.4, -0.2) is 40.9 Å². The van der Waals surface area contributed by atoms with E-state index in [-0.39, 0.29) is 24.4 Å². The van der Waals surface area contributed by atoms with Gasteiger partial charge in [-0.3, -0.25) is 4.79 Å². The predicted octanol–water partition coefficient (Wildman–Crippen LogP) is 1.56. The monoisotopic (exact) mass is 334 g/mol. The molecule has 0 spiro atoms. The van der Waals surface area contributed by atoms with Gasteiger partial charge in [0.25, 0.3) is 0 Å². The number of nitrogens with zero attached hydrogens (tertiary/aromatic N) is 1. The Morgan fingerprint density at radius 1 is 1.36 bits per heavy atom. The molecule has 1 aromatic carbocycles. The average Bonchev–Trinajstić information content (AvgIpc) is 2.40. The number of hydrogen-bond donors (Lipinski definition) is 3. The molecule has 9 heteroatoms. The normalized spacial score (nSPS) is 18.8. The van der Waals surface area contributed by atoms with Crippen molar-refractivity contribution in [1.82, 2.24) is 10.2 Å². The van der Waals surface area contributed by atoms with E-state index < -0.39 is 23.5 Å². The minimum Gasteiger partial charge on any atom is -0.405 e. The molecule has 0 bridgehead atoms. The maximum absolute atomic E-state index is 12.5. The number of rotatable bonds is 4. The van der Waals surface area contributed by atoms with Gasteiger partial charge in [-0.25, -0.2) is 0 Å². The van der Waals surface area contributed by atoms with Gasteiger partial charge in [-0.1, -0.05) is 12.1 Å². The third-order valence-electron chi connectivity index (χ3n) is 2.87. The summed E-state index contributed by atoms with van der Waals surface area (Å²) >= 11 is 4.16. The number of benzene rings is 1. The average molecular weight is 334 g/mol. The van der Waals surface area contributed by atoms with Crippen LogP contribution < -0.4 is 10.1 Å². The maximum atomic E-state index is 12.5. The lowest BCUT2D eigenvalue weighted by Gasteiger charge is -2.36. The van der Waals surface area contributed by atoms with Gasteiger partial charge in [-0.15, -0.1) is 25.8 Å². The summed E-state index contributed by atoms with van der Waals surface area (Å²) in [5.41, 5.74) is -0.488. The topological polar surface area (TPSA) is 61.8 Å². The van der Waals surface area contributed by atoms with Crippen molar-refractivity contribution in [2.45, 2.75) is 11.9 Å². The molecule has 1 atom stereocenters. The Morgan fingerprint density at radius 3 is 2.68 bits per heavy atom. The zero-order valence-electron chi connectivity index (χ0n) is 11.2. The van der Waals surface area contributed by atoms with E-state index in [0.29, 0.717) is 0 Å². The fourth-order valence-corrected chi connectivity index (χ4v) is 2.43. The van der Waals surface area contributed by atoms with E-state index in [1.807, 2.05) is 0 Å². The second kappa shape index (κ2) is 6.49. The first-order valence-electron chi connectivity index (χ1n) is 6.25. The van der Waals surface area contributed by atoms with Crippen LogP contribution in [0.4, 0.5) is 13.2 Å². The quantitative estimate of drug-likeness (QED) is 0.732. The van der Waals surface area contributed by atoms with Crippen molar-refractivity contribution in [3.8, 4) is 5.75 Å². The zero-order chi connectivity index (χ0) is 16.3. The summed E-state index contributed by atoms with van der Waals surface area (Å²) in [5.74, 6) is -0.926. The highest BCUT2D eigenvalue weighted by Crippen LogP contribution is 2.34. The number of carbonyl (C=O) groups excluding carboxylic acids is 1. The number of aliphatic hydroxyl groups excluding tert-OH is 1. The molecule has 1 heterocycles. The first-order valence-corrected chi connectivity index (χ1v) is 6.76. The molecule has 0 saturated carbocycles. The first-order chi connectivity index (χ1) is 10.3. The van der Waals surface area contributed by atoms with Gasteiger partial charge in [0.2, 0.25) is 5.91 Å². The molecule has 1 unspecified atom stereocenters. The van der Waals surface area contributed by atoms with Gasteiger partial charge >= 0.3 is 6.36 Å². The molecule has 120 valence electrons. The van der Waals surface area contributed by atoms with Crippen LogP contribution in [0.15, 0.2) is 30.3 Å². The number of thiol groups is 1. The SMILES string of the molecule is O=C1C=C(c2ccccc2OC(F)(F)F)N(CCO)C(S)N1. The van der Waals surface area contributed by atoms with Gasteiger partial charge < -0.3 is 20.1 Å². The highest BCUT2D eigenvalue weighted by molar-refractivity contribution is 7.80. The molecule has 2 N–H and O–H groups in total. The van der Waals surface area contributed by atoms with Gasteiger partial charge in [0.15, 0.2) is 0 Å². The molecule has 1 amide bonds. The molecule has 2 rings (SSSR count). The van der Waals surface area contributed by atoms with Gasteiger partial charge in [0.1, 0.15) is 11.2 Å². The van der Waals surface area contributed by atoms with Gasteiger partial charge in [0, 0.05) is 18.2 Å². The summed E-state index contributed by atoms with van der Waals surface area (Å²) in [6, 6.07) is 5.47. The molecule has 0 aromatic heterocycles. The smallest absolute Gasteiger partial charge is 0.405 e. The number of aliphatic hydroxyl groups is 1. The number of ether oxygens (including phenoxy) is 1. The maximum Gasteiger partial charge on any atom is 0.573 e. The van der Waals surface area contributed by atoms with Crippen molar-refractivity contribution in [2.24, 2.45) is 0 Å². The fourth-order valence-electron chi connectivity index (χ4n) is 2.06. The lowest BCUT2D eigenvalue weighted by atomic mass is 10.1. The van der Waals surface area contributed by atoms with Crippen LogP contribution in [0.3, 0.4) is 0 Å². The molecule has 1 aromatic rings. The molecule has 1 aliphatic heterocycles. The van der Waals surface area contributed by atoms with Crippen LogP contribution in [-0.2, 0) is 4.79 Å². The van der Waals surface area contributed by atoms with Crippen molar-refractivity contribution in [3.63, 3.8) is 0 Å². The number of amides is 1. The standard InChI is InChI=1S/C13H13F3N2O3S/c14-13(15,16)21-10-4-2-1-3-8(10)9-7-11(20)17-12(22)18(9)5-6-19/h1-4,7,12,19,22H,5-6H2,(H,17,20). The Balaban J connectivity index is 2.46. The lowest BCUT2D eigenvalue weighted by Crippen LogP contribution is -2.48. The highest BCUT2D eigenvalue weighted by Gasteiger charge is 2.34. The number of hydrogen-bond acceptors (Lipinski definition) is 5. The van der Waals surface area contributed by atoms with Crippen molar-refractivity contribution in [2.75, 3.05) is 13.2 Å². The molecule has 1 aliphatic rings. The highest BCUT2D eigenvalue weighted by atomic mass is 32.1. The zero-order valence-corrected chi connectivity index (χ0v) is 12.1. The summed E-state index contributed by atoms with van der Waals surface area (Å²) in [4.78, 5) is 13.1. The number of para-hydroxylation sites is 1. The number of halogens is 3. The summed E-state index contributed by atoms with van der Waals surface area (Å²) in [5, 5.41) is 11.6. The van der Waals surface area contributed by atoms with Gasteiger partial charge in [0.05, 0.1) is 12.3 Å². The molecule has 0 aliphatic carbocycles. The molecule has 22 heavy (non-hydrogen) atoms. The third-order valence-corrected chi connectivity index (χ3v) is 3.28. The van der Waals surface area contributed by atoms with Crippen LogP contribution in [0.25, 0.3) is 5.70 Å². The molecular formula is C13H13F3N2O3S. The first kappa shape index (κ1) is 16.5. The number of alkyl halides is 3. The summed E-state index contributed by atoms with van der Waals surface area (Å²) in [6.07, 6.45) is -3.71. The van der Waals surface area contributed by atoms with Crippen LogP contribution in [0.1, 0.15) is 5.56 Å². The predicted molar refractivity (Wildman–Crippen MR) is 75.8 cm³/mol. The van der Waals surface area contributed by atoms with E-state index in [4.69, 9.17) is 5.11 Å². The summed E-state index contributed by atoms with van der Waals surface area (Å²) < 4.78 is 41.5. The minimum absolute atomic E-state index is 0.0840.